The van der Waals surface area contributed by atoms with Crippen LogP contribution in [0, 0.1) is 5.92 Å². The molecular formula is C37H42Br2. The van der Waals surface area contributed by atoms with E-state index in [1.165, 1.54) is 102 Å². The third-order valence-corrected chi connectivity index (χ3v) is 9.97. The summed E-state index contributed by atoms with van der Waals surface area (Å²) < 4.78 is 2.33. The number of halogens is 2. The number of allylic oxidation sites excluding steroid dienone is 4. The fourth-order valence-electron chi connectivity index (χ4n) is 6.92. The maximum Gasteiger partial charge on any atom is 0.0526 e. The van der Waals surface area contributed by atoms with Gasteiger partial charge in [0.25, 0.3) is 0 Å². The van der Waals surface area contributed by atoms with Crippen molar-refractivity contribution in [3.05, 3.63) is 127 Å². The number of unbranched alkanes of at least 4 members (excludes halogenated alkanes) is 6. The summed E-state index contributed by atoms with van der Waals surface area (Å²) in [6.07, 6.45) is 19.9. The van der Waals surface area contributed by atoms with Crippen LogP contribution in [0.15, 0.2) is 93.9 Å². The van der Waals surface area contributed by atoms with Crippen molar-refractivity contribution >= 4 is 31.9 Å². The standard InChI is InChI=1S/C37H42Br2/c1-3-5-7-9-11-27-13-17-29(18-14-27)37(30-19-15-28(16-20-30)12-10-8-6-4-2)35-25-31(38)21-23-33(35)34-24-22-32(39)26-36(34)37/h13-26,33,35H,3-12H2,1-2H3. The molecule has 0 radical (unpaired) electrons. The number of fused-ring (bicyclic) bond motifs is 3. The van der Waals surface area contributed by atoms with Gasteiger partial charge in [0.2, 0.25) is 0 Å². The molecule has 0 aromatic heterocycles. The smallest absolute Gasteiger partial charge is 0.0526 e. The average molecular weight is 647 g/mol. The Morgan fingerprint density at radius 2 is 1.23 bits per heavy atom. The monoisotopic (exact) mass is 644 g/mol. The van der Waals surface area contributed by atoms with Gasteiger partial charge in [-0.05, 0) is 71.2 Å². The average Bonchev–Trinajstić information content (AvgIpc) is 3.23. The molecule has 0 heterocycles. The maximum atomic E-state index is 3.85. The first-order valence-corrected chi connectivity index (χ1v) is 16.7. The summed E-state index contributed by atoms with van der Waals surface area (Å²) in [5.74, 6) is 0.670. The van der Waals surface area contributed by atoms with Crippen molar-refractivity contribution in [2.75, 3.05) is 0 Å². The zero-order valence-electron chi connectivity index (χ0n) is 23.6. The lowest BCUT2D eigenvalue weighted by Gasteiger charge is -2.39. The highest BCUT2D eigenvalue weighted by atomic mass is 79.9. The zero-order valence-corrected chi connectivity index (χ0v) is 26.7. The number of benzene rings is 3. The number of hydrogen-bond donors (Lipinski definition) is 0. The van der Waals surface area contributed by atoms with E-state index in [-0.39, 0.29) is 5.41 Å². The highest BCUT2D eigenvalue weighted by molar-refractivity contribution is 9.12. The minimum atomic E-state index is -0.241. The topological polar surface area (TPSA) is 0 Å². The van der Waals surface area contributed by atoms with E-state index in [0.717, 1.165) is 4.47 Å². The normalized spacial score (nSPS) is 19.0. The summed E-state index contributed by atoms with van der Waals surface area (Å²) in [7, 11) is 0. The van der Waals surface area contributed by atoms with E-state index in [2.05, 4.69) is 131 Å². The van der Waals surface area contributed by atoms with Gasteiger partial charge in [0.1, 0.15) is 0 Å². The van der Waals surface area contributed by atoms with Crippen LogP contribution in [0.3, 0.4) is 0 Å². The van der Waals surface area contributed by atoms with Crippen LogP contribution >= 0.6 is 31.9 Å². The Morgan fingerprint density at radius 3 is 1.77 bits per heavy atom. The first-order chi connectivity index (χ1) is 19.1. The fraction of sp³-hybridized carbons (Fsp3) is 0.405. The van der Waals surface area contributed by atoms with Crippen molar-refractivity contribution in [3.8, 4) is 0 Å². The van der Waals surface area contributed by atoms with Gasteiger partial charge in [-0.1, -0.05) is 157 Å². The van der Waals surface area contributed by atoms with Crippen LogP contribution in [0.25, 0.3) is 0 Å². The third-order valence-electron chi connectivity index (χ3n) is 8.94. The summed E-state index contributed by atoms with van der Waals surface area (Å²) in [4.78, 5) is 0. The maximum absolute atomic E-state index is 3.85. The molecule has 2 unspecified atom stereocenters. The Balaban J connectivity index is 1.59. The summed E-state index contributed by atoms with van der Waals surface area (Å²) in [6, 6.07) is 26.3. The van der Waals surface area contributed by atoms with E-state index in [1.807, 2.05) is 0 Å². The molecule has 3 aromatic rings. The second kappa shape index (κ2) is 13.2. The van der Waals surface area contributed by atoms with Gasteiger partial charge in [-0.15, -0.1) is 0 Å². The molecule has 0 nitrogen and oxygen atoms in total. The second-order valence-electron chi connectivity index (χ2n) is 11.5. The predicted molar refractivity (Wildman–Crippen MR) is 175 cm³/mol. The van der Waals surface area contributed by atoms with Crippen molar-refractivity contribution < 1.29 is 0 Å². The fourth-order valence-corrected chi connectivity index (χ4v) is 7.72. The largest absolute Gasteiger partial charge is 0.0752 e. The molecule has 0 saturated heterocycles. The van der Waals surface area contributed by atoms with Gasteiger partial charge in [0, 0.05) is 20.8 Å². The minimum absolute atomic E-state index is 0.241. The van der Waals surface area contributed by atoms with E-state index in [0.29, 0.717) is 11.8 Å². The van der Waals surface area contributed by atoms with Gasteiger partial charge >= 0.3 is 0 Å². The summed E-state index contributed by atoms with van der Waals surface area (Å²) in [6.45, 7) is 4.57. The summed E-state index contributed by atoms with van der Waals surface area (Å²) >= 11 is 7.69. The molecule has 0 fully saturated rings. The molecule has 0 spiro atoms. The molecule has 2 aliphatic carbocycles. The Labute approximate surface area is 253 Å². The van der Waals surface area contributed by atoms with Gasteiger partial charge < -0.3 is 0 Å². The number of rotatable bonds is 12. The molecule has 3 aromatic carbocycles. The first kappa shape index (κ1) is 28.6. The van der Waals surface area contributed by atoms with Crippen LogP contribution < -0.4 is 0 Å². The van der Waals surface area contributed by atoms with Gasteiger partial charge in [-0.25, -0.2) is 0 Å². The molecule has 0 bridgehead atoms. The quantitative estimate of drug-likeness (QED) is 0.172. The molecule has 2 heteroatoms. The first-order valence-electron chi connectivity index (χ1n) is 15.1. The van der Waals surface area contributed by atoms with Crippen LogP contribution in [0.5, 0.6) is 0 Å². The van der Waals surface area contributed by atoms with E-state index >= 15 is 0 Å². The number of hydrogen-bond acceptors (Lipinski definition) is 0. The predicted octanol–water partition coefficient (Wildman–Crippen LogP) is 11.6. The minimum Gasteiger partial charge on any atom is -0.0752 e. The highest BCUT2D eigenvalue weighted by Gasteiger charge is 2.53. The van der Waals surface area contributed by atoms with Crippen LogP contribution in [-0.4, -0.2) is 0 Å². The van der Waals surface area contributed by atoms with Gasteiger partial charge in [0.15, 0.2) is 0 Å². The summed E-state index contributed by atoms with van der Waals surface area (Å²) in [5.41, 5.74) is 8.34. The molecule has 2 aliphatic rings. The van der Waals surface area contributed by atoms with E-state index in [9.17, 15) is 0 Å². The summed E-state index contributed by atoms with van der Waals surface area (Å²) in [5, 5.41) is 0. The molecule has 2 atom stereocenters. The number of aryl methyl sites for hydroxylation is 2. The molecule has 0 N–H and O–H groups in total. The lowest BCUT2D eigenvalue weighted by atomic mass is 9.63. The third kappa shape index (κ3) is 5.94. The van der Waals surface area contributed by atoms with Crippen molar-refractivity contribution in [1.82, 2.24) is 0 Å². The van der Waals surface area contributed by atoms with Crippen molar-refractivity contribution in [2.24, 2.45) is 5.92 Å². The van der Waals surface area contributed by atoms with Gasteiger partial charge in [-0.3, -0.25) is 0 Å². The lowest BCUT2D eigenvalue weighted by Crippen LogP contribution is -2.35. The van der Waals surface area contributed by atoms with Gasteiger partial charge in [0.05, 0.1) is 5.41 Å². The van der Waals surface area contributed by atoms with Crippen LogP contribution in [0.4, 0.5) is 0 Å². The van der Waals surface area contributed by atoms with Crippen LogP contribution in [-0.2, 0) is 18.3 Å². The molecule has 0 aliphatic heterocycles. The molecule has 39 heavy (non-hydrogen) atoms. The van der Waals surface area contributed by atoms with Crippen molar-refractivity contribution in [2.45, 2.75) is 89.4 Å². The highest BCUT2D eigenvalue weighted by Crippen LogP contribution is 2.60. The van der Waals surface area contributed by atoms with Crippen LogP contribution in [0.2, 0.25) is 0 Å². The van der Waals surface area contributed by atoms with Crippen LogP contribution in [0.1, 0.15) is 105 Å². The van der Waals surface area contributed by atoms with E-state index in [4.69, 9.17) is 0 Å². The van der Waals surface area contributed by atoms with Crippen molar-refractivity contribution in [3.63, 3.8) is 0 Å². The van der Waals surface area contributed by atoms with Crippen molar-refractivity contribution in [1.29, 1.82) is 0 Å². The van der Waals surface area contributed by atoms with E-state index in [1.54, 1.807) is 0 Å². The SMILES string of the molecule is CCCCCCc1ccc(C2(c3ccc(CCCCCC)cc3)c3cc(Br)ccc3C3C=CC(Br)=CC32)cc1. The van der Waals surface area contributed by atoms with Gasteiger partial charge in [-0.2, -0.15) is 0 Å². The van der Waals surface area contributed by atoms with E-state index < -0.39 is 0 Å². The second-order valence-corrected chi connectivity index (χ2v) is 13.3. The Morgan fingerprint density at radius 1 is 0.667 bits per heavy atom. The Hall–Kier alpha value is -1.90. The molecule has 0 amide bonds. The Bertz CT molecular complexity index is 1240. The Kier molecular flexibility index (Phi) is 9.67. The lowest BCUT2D eigenvalue weighted by molar-refractivity contribution is 0.456. The molecule has 0 saturated carbocycles. The molecular weight excluding hydrogens is 604 g/mol. The molecule has 5 rings (SSSR count). The molecule has 204 valence electrons. The zero-order chi connectivity index (χ0) is 27.2.